The van der Waals surface area contributed by atoms with Gasteiger partial charge in [0.15, 0.2) is 0 Å². The third kappa shape index (κ3) is 8.91. The summed E-state index contributed by atoms with van der Waals surface area (Å²) in [5.74, 6) is -3.11. The van der Waals surface area contributed by atoms with E-state index in [9.17, 15) is 29.3 Å². The Hall–Kier alpha value is -5.82. The SMILES string of the molecule is CCNCc1cccc(C(=O)OCCOC(=O)c2ccc(NC(C)=O)cc2)c1OC(=O)C1=C(C)NC(C)=CC1c1cccc([N+](=O)[O-])c1. The average Bonchev–Trinajstić information content (AvgIpc) is 3.05. The maximum absolute atomic E-state index is 13.9. The highest BCUT2D eigenvalue weighted by Gasteiger charge is 2.31. The van der Waals surface area contributed by atoms with Gasteiger partial charge in [-0.15, -0.1) is 0 Å². The van der Waals surface area contributed by atoms with Crippen LogP contribution < -0.4 is 20.7 Å². The summed E-state index contributed by atoms with van der Waals surface area (Å²) in [5.41, 5.74) is 3.15. The maximum atomic E-state index is 13.9. The molecule has 0 saturated heterocycles. The van der Waals surface area contributed by atoms with Crippen LogP contribution in [0.2, 0.25) is 0 Å². The van der Waals surface area contributed by atoms with E-state index in [-0.39, 0.29) is 53.8 Å². The fourth-order valence-electron chi connectivity index (χ4n) is 5.08. The number of hydrogen-bond donors (Lipinski definition) is 3. The van der Waals surface area contributed by atoms with E-state index in [1.807, 2.05) is 13.8 Å². The largest absolute Gasteiger partial charge is 0.458 e. The van der Waals surface area contributed by atoms with Crippen molar-refractivity contribution in [2.24, 2.45) is 0 Å². The topological polar surface area (TPSA) is 175 Å². The number of carbonyl (C=O) groups excluding carboxylic acids is 4. The van der Waals surface area contributed by atoms with E-state index in [1.54, 1.807) is 49.4 Å². The molecule has 0 fully saturated rings. The fourth-order valence-corrected chi connectivity index (χ4v) is 5.08. The third-order valence-electron chi connectivity index (χ3n) is 7.24. The third-order valence-corrected chi connectivity index (χ3v) is 7.24. The first-order valence-electron chi connectivity index (χ1n) is 15.2. The molecule has 48 heavy (non-hydrogen) atoms. The summed E-state index contributed by atoms with van der Waals surface area (Å²) in [5, 5.41) is 20.4. The smallest absolute Gasteiger partial charge is 0.342 e. The Balaban J connectivity index is 1.51. The number of hydrogen-bond acceptors (Lipinski definition) is 11. The van der Waals surface area contributed by atoms with Crippen molar-refractivity contribution in [2.45, 2.75) is 40.2 Å². The van der Waals surface area contributed by atoms with E-state index in [2.05, 4.69) is 16.0 Å². The second-order valence-electron chi connectivity index (χ2n) is 10.8. The predicted molar refractivity (Wildman–Crippen MR) is 176 cm³/mol. The van der Waals surface area contributed by atoms with Crippen molar-refractivity contribution in [3.63, 3.8) is 0 Å². The van der Waals surface area contributed by atoms with Gasteiger partial charge in [-0.25, -0.2) is 14.4 Å². The molecule has 0 bridgehead atoms. The summed E-state index contributed by atoms with van der Waals surface area (Å²) >= 11 is 0. The van der Waals surface area contributed by atoms with Crippen molar-refractivity contribution < 1.29 is 38.3 Å². The van der Waals surface area contributed by atoms with Gasteiger partial charge < -0.3 is 30.2 Å². The van der Waals surface area contributed by atoms with Gasteiger partial charge in [0.05, 0.1) is 16.1 Å². The van der Waals surface area contributed by atoms with E-state index in [4.69, 9.17) is 14.2 Å². The Morgan fingerprint density at radius 2 is 1.60 bits per heavy atom. The number of ether oxygens (including phenoxy) is 3. The zero-order chi connectivity index (χ0) is 34.8. The Morgan fingerprint density at radius 1 is 0.917 bits per heavy atom. The molecule has 0 spiro atoms. The second-order valence-corrected chi connectivity index (χ2v) is 10.8. The predicted octanol–water partition coefficient (Wildman–Crippen LogP) is 5.15. The number of non-ortho nitro benzene ring substituents is 1. The molecule has 0 aliphatic carbocycles. The van der Waals surface area contributed by atoms with Crippen LogP contribution in [0.5, 0.6) is 5.75 Å². The number of anilines is 1. The lowest BCUT2D eigenvalue weighted by Gasteiger charge is -2.26. The highest BCUT2D eigenvalue weighted by atomic mass is 16.6. The molecular weight excluding hydrogens is 620 g/mol. The van der Waals surface area contributed by atoms with E-state index >= 15 is 0 Å². The highest BCUT2D eigenvalue weighted by molar-refractivity contribution is 5.98. The van der Waals surface area contributed by atoms with E-state index in [0.717, 1.165) is 5.70 Å². The molecule has 0 saturated carbocycles. The number of nitro groups is 1. The number of carbonyl (C=O) groups is 4. The van der Waals surface area contributed by atoms with E-state index < -0.39 is 28.7 Å². The molecule has 3 aromatic carbocycles. The maximum Gasteiger partial charge on any atom is 0.342 e. The Labute approximate surface area is 277 Å². The molecule has 3 aromatic rings. The molecule has 1 aliphatic heterocycles. The monoisotopic (exact) mass is 656 g/mol. The lowest BCUT2D eigenvalue weighted by molar-refractivity contribution is -0.384. The van der Waals surface area contributed by atoms with Crippen molar-refractivity contribution in [3.8, 4) is 5.75 Å². The lowest BCUT2D eigenvalue weighted by atomic mass is 9.86. The molecule has 1 atom stereocenters. The van der Waals surface area contributed by atoms with Crippen molar-refractivity contribution in [3.05, 3.63) is 122 Å². The molecule has 13 heteroatoms. The van der Waals surface area contributed by atoms with Crippen LogP contribution in [-0.4, -0.2) is 48.5 Å². The molecule has 13 nitrogen and oxygen atoms in total. The molecule has 1 aliphatic rings. The molecule has 3 N–H and O–H groups in total. The number of amides is 1. The average molecular weight is 657 g/mol. The summed E-state index contributed by atoms with van der Waals surface area (Å²) in [7, 11) is 0. The number of allylic oxidation sites excluding steroid dienone is 3. The van der Waals surface area contributed by atoms with Crippen LogP contribution in [-0.2, 0) is 25.6 Å². The molecule has 0 aromatic heterocycles. The second kappa shape index (κ2) is 16.1. The van der Waals surface area contributed by atoms with Crippen LogP contribution >= 0.6 is 0 Å². The van der Waals surface area contributed by atoms with Crippen LogP contribution in [0.1, 0.15) is 65.5 Å². The number of dihydropyridines is 1. The van der Waals surface area contributed by atoms with Gasteiger partial charge in [0, 0.05) is 54.2 Å². The number of nitrogens with one attached hydrogen (secondary N) is 3. The Bertz CT molecular complexity index is 1780. The van der Waals surface area contributed by atoms with Gasteiger partial charge >= 0.3 is 17.9 Å². The first-order valence-corrected chi connectivity index (χ1v) is 15.2. The number of nitro benzene ring substituents is 1. The van der Waals surface area contributed by atoms with Crippen LogP contribution in [0, 0.1) is 10.1 Å². The number of para-hydroxylation sites is 1. The number of benzene rings is 3. The fraction of sp³-hybridized carbons (Fsp3) is 0.257. The van der Waals surface area contributed by atoms with Gasteiger partial charge in [-0.1, -0.05) is 37.3 Å². The normalized spacial score (nSPS) is 13.9. The summed E-state index contributed by atoms with van der Waals surface area (Å²) in [4.78, 5) is 61.8. The Morgan fingerprint density at radius 3 is 2.27 bits per heavy atom. The van der Waals surface area contributed by atoms with E-state index in [1.165, 1.54) is 37.3 Å². The molecule has 1 heterocycles. The molecule has 250 valence electrons. The summed E-state index contributed by atoms with van der Waals surface area (Å²) in [6.45, 7) is 7.18. The number of rotatable bonds is 13. The van der Waals surface area contributed by atoms with Crippen molar-refractivity contribution >= 4 is 35.2 Å². The summed E-state index contributed by atoms with van der Waals surface area (Å²) in [6, 6.07) is 17.0. The van der Waals surface area contributed by atoms with Crippen molar-refractivity contribution in [1.29, 1.82) is 0 Å². The number of nitrogens with zero attached hydrogens (tertiary/aromatic N) is 1. The van der Waals surface area contributed by atoms with Gasteiger partial charge in [0.25, 0.3) is 5.69 Å². The van der Waals surface area contributed by atoms with E-state index in [0.29, 0.717) is 29.1 Å². The van der Waals surface area contributed by atoms with Gasteiger partial charge in [-0.05, 0) is 56.3 Å². The van der Waals surface area contributed by atoms with Gasteiger partial charge in [0.2, 0.25) is 5.91 Å². The molecule has 1 unspecified atom stereocenters. The van der Waals surface area contributed by atoms with Crippen molar-refractivity contribution in [1.82, 2.24) is 10.6 Å². The zero-order valence-electron chi connectivity index (χ0n) is 27.0. The van der Waals surface area contributed by atoms with Gasteiger partial charge in [0.1, 0.15) is 24.5 Å². The zero-order valence-corrected chi connectivity index (χ0v) is 27.0. The minimum Gasteiger partial charge on any atom is -0.458 e. The molecule has 0 radical (unpaired) electrons. The first kappa shape index (κ1) is 35.0. The minimum atomic E-state index is -0.801. The van der Waals surface area contributed by atoms with Gasteiger partial charge in [-0.3, -0.25) is 14.9 Å². The summed E-state index contributed by atoms with van der Waals surface area (Å²) < 4.78 is 16.6. The van der Waals surface area contributed by atoms with Gasteiger partial charge in [-0.2, -0.15) is 0 Å². The summed E-state index contributed by atoms with van der Waals surface area (Å²) in [6.07, 6.45) is 1.78. The highest BCUT2D eigenvalue weighted by Crippen LogP contribution is 2.35. The minimum absolute atomic E-state index is 0.00549. The van der Waals surface area contributed by atoms with Crippen LogP contribution in [0.15, 0.2) is 89.8 Å². The van der Waals surface area contributed by atoms with Crippen molar-refractivity contribution in [2.75, 3.05) is 25.1 Å². The van der Waals surface area contributed by atoms with Crippen LogP contribution in [0.25, 0.3) is 0 Å². The molecular formula is C35H36N4O9. The lowest BCUT2D eigenvalue weighted by Crippen LogP contribution is -2.28. The number of esters is 3. The quantitative estimate of drug-likeness (QED) is 0.0730. The molecule has 4 rings (SSSR count). The standard InChI is InChI=1S/C35H36N4O9/c1-5-36-20-26-9-7-11-29(34(42)47-17-16-46-33(41)24-12-14-27(15-13-24)38-23(4)40)32(26)48-35(43)31-22(3)37-21(2)18-30(31)25-8-6-10-28(19-25)39(44)45/h6-15,18-19,30,36-37H,5,16-17,20H2,1-4H3,(H,38,40). The molecule has 1 amide bonds. The van der Waals surface area contributed by atoms with Crippen LogP contribution in [0.4, 0.5) is 11.4 Å². The Kier molecular flexibility index (Phi) is 11.8. The van der Waals surface area contributed by atoms with Crippen LogP contribution in [0.3, 0.4) is 0 Å². The first-order chi connectivity index (χ1) is 23.0.